The van der Waals surface area contributed by atoms with Crippen LogP contribution < -0.4 is 5.06 Å². The maximum absolute atomic E-state index is 14.1. The number of fused-ring (bicyclic) bond motifs is 1. The molecule has 0 N–H and O–H groups in total. The molecule has 1 fully saturated rings. The molecule has 1 aliphatic rings. The molecular weight excluding hydrogens is 348 g/mol. The molecule has 7 nitrogen and oxygen atoms in total. The Balaban J connectivity index is 1.95. The molecule has 1 aliphatic heterocycles. The van der Waals surface area contributed by atoms with Gasteiger partial charge in [-0.05, 0) is 24.4 Å². The normalized spacial score (nSPS) is 14.3. The second-order valence-corrected chi connectivity index (χ2v) is 5.69. The van der Waals surface area contributed by atoms with Crippen molar-refractivity contribution < 1.29 is 14.0 Å². The van der Waals surface area contributed by atoms with Gasteiger partial charge in [0, 0.05) is 26.3 Å². The third-order valence-corrected chi connectivity index (χ3v) is 3.90. The molecule has 0 unspecified atom stereocenters. The van der Waals surface area contributed by atoms with Crippen LogP contribution in [0.4, 0.5) is 15.0 Å². The Labute approximate surface area is 140 Å². The zero-order chi connectivity index (χ0) is 16.6. The summed E-state index contributed by atoms with van der Waals surface area (Å²) in [6.45, 7) is 1.29. The van der Waals surface area contributed by atoms with Crippen LogP contribution in [0, 0.1) is 5.82 Å². The van der Waals surface area contributed by atoms with Crippen LogP contribution in [0.25, 0.3) is 10.9 Å². The third-order valence-electron chi connectivity index (χ3n) is 3.47. The van der Waals surface area contributed by atoms with Gasteiger partial charge in [-0.3, -0.25) is 0 Å². The number of carbonyl (C=O) groups is 1. The maximum atomic E-state index is 14.1. The molecule has 2 aromatic rings. The molecule has 0 bridgehead atoms. The molecule has 3 rings (SSSR count). The van der Waals surface area contributed by atoms with Crippen molar-refractivity contribution in [1.82, 2.24) is 19.9 Å². The van der Waals surface area contributed by atoms with E-state index in [4.69, 9.17) is 28.0 Å². The fraction of sp³-hybridized carbons (Fsp3) is 0.385. The Morgan fingerprint density at radius 1 is 1.35 bits per heavy atom. The van der Waals surface area contributed by atoms with Crippen molar-refractivity contribution in [3.8, 4) is 0 Å². The summed E-state index contributed by atoms with van der Waals surface area (Å²) in [5, 5.41) is 0.826. The summed E-state index contributed by atoms with van der Waals surface area (Å²) in [7, 11) is 1.47. The van der Waals surface area contributed by atoms with Gasteiger partial charge in [-0.15, -0.1) is 0 Å². The predicted molar refractivity (Wildman–Crippen MR) is 83.0 cm³/mol. The Kier molecular flexibility index (Phi) is 4.36. The minimum Gasteiger partial charge on any atom is -0.320 e. The average Bonchev–Trinajstić information content (AvgIpc) is 3.05. The lowest BCUT2D eigenvalue weighted by Gasteiger charge is -2.22. The topological polar surface area (TPSA) is 71.5 Å². The van der Waals surface area contributed by atoms with Crippen LogP contribution in [0.15, 0.2) is 6.20 Å². The van der Waals surface area contributed by atoms with Crippen molar-refractivity contribution in [2.45, 2.75) is 12.8 Å². The predicted octanol–water partition coefficient (Wildman–Crippen LogP) is 3.05. The second kappa shape index (κ2) is 6.29. The summed E-state index contributed by atoms with van der Waals surface area (Å²) in [4.78, 5) is 30.4. The van der Waals surface area contributed by atoms with E-state index in [1.54, 1.807) is 4.90 Å². The van der Waals surface area contributed by atoms with Gasteiger partial charge < -0.3 is 9.74 Å². The van der Waals surface area contributed by atoms with Gasteiger partial charge in [0.05, 0.1) is 5.39 Å². The summed E-state index contributed by atoms with van der Waals surface area (Å²) in [6, 6.07) is 0. The standard InChI is InChI=1S/C13H12Cl2FN5O2/c1-20(23-13(22)21-4-2-3-5-21)11-7-6-17-10(14)8(16)9(7)18-12(15)19-11/h6H,2-5H2,1H3. The van der Waals surface area contributed by atoms with E-state index in [9.17, 15) is 9.18 Å². The van der Waals surface area contributed by atoms with E-state index >= 15 is 0 Å². The van der Waals surface area contributed by atoms with Crippen LogP contribution in [-0.2, 0) is 4.84 Å². The number of hydrogen-bond acceptors (Lipinski definition) is 6. The van der Waals surface area contributed by atoms with E-state index in [1.165, 1.54) is 13.2 Å². The second-order valence-electron chi connectivity index (χ2n) is 4.99. The number of rotatable bonds is 2. The molecule has 1 amide bonds. The van der Waals surface area contributed by atoms with Crippen molar-refractivity contribution in [3.05, 3.63) is 22.5 Å². The van der Waals surface area contributed by atoms with Crippen molar-refractivity contribution in [3.63, 3.8) is 0 Å². The number of aromatic nitrogens is 3. The average molecular weight is 360 g/mol. The fourth-order valence-electron chi connectivity index (χ4n) is 2.35. The molecule has 23 heavy (non-hydrogen) atoms. The van der Waals surface area contributed by atoms with E-state index in [2.05, 4.69) is 15.0 Å². The van der Waals surface area contributed by atoms with E-state index in [-0.39, 0.29) is 27.2 Å². The molecule has 122 valence electrons. The monoisotopic (exact) mass is 359 g/mol. The molecule has 2 aromatic heterocycles. The van der Waals surface area contributed by atoms with Crippen LogP contribution in [-0.4, -0.2) is 46.1 Å². The molecule has 0 aliphatic carbocycles. The maximum Gasteiger partial charge on any atom is 0.434 e. The number of hydroxylamine groups is 1. The van der Waals surface area contributed by atoms with Gasteiger partial charge in [0.2, 0.25) is 5.28 Å². The van der Waals surface area contributed by atoms with Gasteiger partial charge in [0.1, 0.15) is 5.52 Å². The van der Waals surface area contributed by atoms with E-state index < -0.39 is 11.9 Å². The van der Waals surface area contributed by atoms with Crippen molar-refractivity contribution in [2.75, 3.05) is 25.2 Å². The molecule has 0 radical (unpaired) electrons. The summed E-state index contributed by atoms with van der Waals surface area (Å²) in [5.41, 5.74) is -0.0935. The van der Waals surface area contributed by atoms with Gasteiger partial charge in [-0.1, -0.05) is 11.6 Å². The number of pyridine rings is 1. The molecule has 0 saturated carbocycles. The Hall–Kier alpha value is -1.93. The van der Waals surface area contributed by atoms with Gasteiger partial charge >= 0.3 is 6.09 Å². The molecule has 10 heteroatoms. The summed E-state index contributed by atoms with van der Waals surface area (Å²) >= 11 is 11.5. The van der Waals surface area contributed by atoms with Crippen molar-refractivity contribution in [1.29, 1.82) is 0 Å². The summed E-state index contributed by atoms with van der Waals surface area (Å²) in [6.07, 6.45) is 2.67. The Morgan fingerprint density at radius 3 is 2.74 bits per heavy atom. The molecule has 0 aromatic carbocycles. The number of amides is 1. The lowest BCUT2D eigenvalue weighted by Crippen LogP contribution is -2.34. The number of nitrogens with zero attached hydrogens (tertiary/aromatic N) is 5. The number of anilines is 1. The van der Waals surface area contributed by atoms with Gasteiger partial charge in [0.25, 0.3) is 0 Å². The van der Waals surface area contributed by atoms with Crippen LogP contribution >= 0.6 is 23.2 Å². The zero-order valence-corrected chi connectivity index (χ0v) is 13.6. The van der Waals surface area contributed by atoms with Gasteiger partial charge in [0.15, 0.2) is 16.8 Å². The number of likely N-dealkylation sites (tertiary alicyclic amines) is 1. The fourth-order valence-corrected chi connectivity index (χ4v) is 2.65. The molecule has 3 heterocycles. The number of halogens is 3. The highest BCUT2D eigenvalue weighted by Gasteiger charge is 2.23. The molecule has 1 saturated heterocycles. The third kappa shape index (κ3) is 3.09. The minimum absolute atomic E-state index is 0.0935. The molecular formula is C13H12Cl2FN5O2. The van der Waals surface area contributed by atoms with Gasteiger partial charge in [-0.25, -0.2) is 19.2 Å². The highest BCUT2D eigenvalue weighted by molar-refractivity contribution is 6.30. The first-order valence-electron chi connectivity index (χ1n) is 6.85. The van der Waals surface area contributed by atoms with Crippen LogP contribution in [0.1, 0.15) is 12.8 Å². The first-order chi connectivity index (χ1) is 11.0. The molecule has 0 spiro atoms. The number of hydrogen-bond donors (Lipinski definition) is 0. The molecule has 0 atom stereocenters. The Bertz CT molecular complexity index is 770. The highest BCUT2D eigenvalue weighted by atomic mass is 35.5. The van der Waals surface area contributed by atoms with Gasteiger partial charge in [-0.2, -0.15) is 10.0 Å². The van der Waals surface area contributed by atoms with E-state index in [0.717, 1.165) is 17.9 Å². The first-order valence-corrected chi connectivity index (χ1v) is 7.61. The lowest BCUT2D eigenvalue weighted by atomic mass is 10.3. The van der Waals surface area contributed by atoms with E-state index in [1.807, 2.05) is 0 Å². The van der Waals surface area contributed by atoms with Crippen LogP contribution in [0.3, 0.4) is 0 Å². The summed E-state index contributed by atoms with van der Waals surface area (Å²) < 4.78 is 14.1. The largest absolute Gasteiger partial charge is 0.434 e. The Morgan fingerprint density at radius 2 is 2.04 bits per heavy atom. The SMILES string of the molecule is CN(OC(=O)N1CCCC1)c1nc(Cl)nc2c(F)c(Cl)ncc12. The summed E-state index contributed by atoms with van der Waals surface area (Å²) in [5.74, 6) is -0.690. The van der Waals surface area contributed by atoms with Crippen molar-refractivity contribution >= 4 is 46.0 Å². The van der Waals surface area contributed by atoms with Crippen LogP contribution in [0.5, 0.6) is 0 Å². The first kappa shape index (κ1) is 15.9. The quantitative estimate of drug-likeness (QED) is 0.466. The smallest absolute Gasteiger partial charge is 0.320 e. The highest BCUT2D eigenvalue weighted by Crippen LogP contribution is 2.28. The van der Waals surface area contributed by atoms with Crippen molar-refractivity contribution in [2.24, 2.45) is 0 Å². The van der Waals surface area contributed by atoms with E-state index in [0.29, 0.717) is 13.1 Å². The zero-order valence-electron chi connectivity index (χ0n) is 12.1. The lowest BCUT2D eigenvalue weighted by molar-refractivity contribution is 0.104. The minimum atomic E-state index is -0.811. The number of carbonyl (C=O) groups excluding carboxylic acids is 1. The van der Waals surface area contributed by atoms with Crippen LogP contribution in [0.2, 0.25) is 10.4 Å².